The van der Waals surface area contributed by atoms with Crippen molar-refractivity contribution >= 4 is 29.0 Å². The Hall–Kier alpha value is -0.373. The fourth-order valence-corrected chi connectivity index (χ4v) is 1.38. The summed E-state index contributed by atoms with van der Waals surface area (Å²) < 4.78 is 169. The Balaban J connectivity index is 0. The first-order valence-electron chi connectivity index (χ1n) is 4.54. The van der Waals surface area contributed by atoms with Gasteiger partial charge in [-0.3, -0.25) is 0 Å². The summed E-state index contributed by atoms with van der Waals surface area (Å²) in [6.07, 6.45) is -16.3. The summed E-state index contributed by atoms with van der Waals surface area (Å²) in [5, 5.41) is -7.20. The number of rotatable bonds is 7. The van der Waals surface area contributed by atoms with E-state index in [1.807, 2.05) is 0 Å². The molecule has 0 aromatic carbocycles. The van der Waals surface area contributed by atoms with Gasteiger partial charge < -0.3 is 0 Å². The van der Waals surface area contributed by atoms with Gasteiger partial charge in [-0.1, -0.05) is 4.33 Å². The Morgan fingerprint density at radius 1 is 0.792 bits per heavy atom. The molecular weight excluding hydrogens is 403 g/mol. The molecule has 1 atom stereocenters. The van der Waals surface area contributed by atoms with E-state index in [1.165, 1.54) is 0 Å². The SMILES string of the molecule is O=S(=O)(OOC(F)C(F)(F)F)C(F)(F)C(F)(F)C(F)(F)C(F)F.[Li]. The molecule has 0 aromatic heterocycles. The standard InChI is InChI=1S/C6H2F12O4S.Li/c7-1(8)3(10,11)5(15,16)6(17,18)23(19,20)22-21-2(9)4(12,13)14;/h1-2H;. The van der Waals surface area contributed by atoms with Crippen LogP contribution in [0.1, 0.15) is 0 Å². The minimum atomic E-state index is -7.55. The van der Waals surface area contributed by atoms with Crippen molar-refractivity contribution in [2.75, 3.05) is 0 Å². The second kappa shape index (κ2) is 7.48. The van der Waals surface area contributed by atoms with Gasteiger partial charge in [0, 0.05) is 18.9 Å². The molecule has 0 N–H and O–H groups in total. The Kier molecular flexibility index (Phi) is 8.06. The van der Waals surface area contributed by atoms with Crippen molar-refractivity contribution in [2.24, 2.45) is 0 Å². The van der Waals surface area contributed by atoms with Crippen molar-refractivity contribution in [3.05, 3.63) is 0 Å². The van der Waals surface area contributed by atoms with Gasteiger partial charge in [0.15, 0.2) is 0 Å². The third kappa shape index (κ3) is 4.62. The molecule has 4 nitrogen and oxygen atoms in total. The Labute approximate surface area is 136 Å². The van der Waals surface area contributed by atoms with Gasteiger partial charge in [0.25, 0.3) is 0 Å². The summed E-state index contributed by atoms with van der Waals surface area (Å²) in [5.41, 5.74) is 0. The third-order valence-corrected chi connectivity index (χ3v) is 2.98. The molecule has 1 unspecified atom stereocenters. The summed E-state index contributed by atoms with van der Waals surface area (Å²) in [5.74, 6) is -14.3. The number of hydrogen-bond donors (Lipinski definition) is 0. The second-order valence-electron chi connectivity index (χ2n) is 3.49. The summed E-state index contributed by atoms with van der Waals surface area (Å²) in [6.45, 7) is 0. The van der Waals surface area contributed by atoms with E-state index in [0.717, 1.165) is 0 Å². The van der Waals surface area contributed by atoms with Crippen LogP contribution in [0.25, 0.3) is 0 Å². The van der Waals surface area contributed by atoms with Crippen molar-refractivity contribution in [3.8, 4) is 0 Å². The molecule has 0 spiro atoms. The maximum Gasteiger partial charge on any atom is 0.448 e. The molecule has 0 saturated heterocycles. The average Bonchev–Trinajstić information content (AvgIpc) is 2.33. The van der Waals surface area contributed by atoms with Crippen LogP contribution in [0.3, 0.4) is 0 Å². The fourth-order valence-electron chi connectivity index (χ4n) is 0.672. The summed E-state index contributed by atoms with van der Waals surface area (Å²) in [6, 6.07) is 0. The van der Waals surface area contributed by atoms with Crippen LogP contribution in [0, 0.1) is 0 Å². The van der Waals surface area contributed by atoms with Crippen molar-refractivity contribution in [2.45, 2.75) is 36.1 Å². The Morgan fingerprint density at radius 2 is 1.17 bits per heavy atom. The van der Waals surface area contributed by atoms with Gasteiger partial charge in [-0.2, -0.15) is 52.8 Å². The molecule has 0 aliphatic heterocycles. The van der Waals surface area contributed by atoms with Gasteiger partial charge in [0.1, 0.15) is 0 Å². The van der Waals surface area contributed by atoms with Crippen LogP contribution in [0.2, 0.25) is 0 Å². The minimum absolute atomic E-state index is 0. The van der Waals surface area contributed by atoms with E-state index >= 15 is 0 Å². The van der Waals surface area contributed by atoms with E-state index in [4.69, 9.17) is 0 Å². The zero-order chi connectivity index (χ0) is 19.1. The van der Waals surface area contributed by atoms with E-state index in [9.17, 15) is 61.1 Å². The van der Waals surface area contributed by atoms with Gasteiger partial charge in [0.2, 0.25) is 0 Å². The molecule has 0 saturated carbocycles. The van der Waals surface area contributed by atoms with Crippen molar-refractivity contribution in [1.82, 2.24) is 0 Å². The molecule has 24 heavy (non-hydrogen) atoms. The smallest absolute Gasteiger partial charge is 0.203 e. The van der Waals surface area contributed by atoms with Gasteiger partial charge in [0.05, 0.1) is 0 Å². The zero-order valence-corrected chi connectivity index (χ0v) is 11.5. The predicted molar refractivity (Wildman–Crippen MR) is 48.6 cm³/mol. The molecule has 0 fully saturated rings. The van der Waals surface area contributed by atoms with Crippen molar-refractivity contribution in [3.63, 3.8) is 0 Å². The number of halogens is 12. The van der Waals surface area contributed by atoms with E-state index in [2.05, 4.69) is 9.22 Å². The van der Waals surface area contributed by atoms with Crippen LogP contribution in [-0.4, -0.2) is 63.3 Å². The van der Waals surface area contributed by atoms with Crippen LogP contribution >= 0.6 is 0 Å². The molecule has 0 rings (SSSR count). The quantitative estimate of drug-likeness (QED) is 0.283. The van der Waals surface area contributed by atoms with Crippen LogP contribution in [-0.2, 0) is 19.3 Å². The average molecular weight is 405 g/mol. The summed E-state index contributed by atoms with van der Waals surface area (Å²) >= 11 is 0. The fraction of sp³-hybridized carbons (Fsp3) is 1.00. The molecular formula is C6H2F12LiO4S. The van der Waals surface area contributed by atoms with Crippen molar-refractivity contribution < 1.29 is 70.3 Å². The maximum atomic E-state index is 12.8. The van der Waals surface area contributed by atoms with Gasteiger partial charge in [-0.15, -0.1) is 0 Å². The van der Waals surface area contributed by atoms with Crippen LogP contribution in [0.5, 0.6) is 0 Å². The number of alkyl halides is 12. The largest absolute Gasteiger partial charge is 0.448 e. The zero-order valence-electron chi connectivity index (χ0n) is 10.7. The molecule has 0 heterocycles. The van der Waals surface area contributed by atoms with Gasteiger partial charge in [-0.25, -0.2) is 13.2 Å². The van der Waals surface area contributed by atoms with Crippen LogP contribution in [0.4, 0.5) is 52.7 Å². The Bertz CT molecular complexity index is 516. The normalized spacial score (nSPS) is 16.0. The maximum absolute atomic E-state index is 12.8. The van der Waals surface area contributed by atoms with E-state index in [-0.39, 0.29) is 18.9 Å². The summed E-state index contributed by atoms with van der Waals surface area (Å²) in [4.78, 5) is 2.20. The molecule has 0 aliphatic carbocycles. The van der Waals surface area contributed by atoms with Crippen molar-refractivity contribution in [1.29, 1.82) is 0 Å². The molecule has 0 amide bonds. The monoisotopic (exact) mass is 405 g/mol. The molecule has 18 heteroatoms. The van der Waals surface area contributed by atoms with E-state index < -0.39 is 46.2 Å². The van der Waals surface area contributed by atoms with E-state index in [0.29, 0.717) is 0 Å². The van der Waals surface area contributed by atoms with Crippen LogP contribution in [0.15, 0.2) is 0 Å². The summed E-state index contributed by atoms with van der Waals surface area (Å²) in [7, 11) is -7.55. The second-order valence-corrected chi connectivity index (χ2v) is 5.05. The van der Waals surface area contributed by atoms with Gasteiger partial charge in [-0.05, 0) is 0 Å². The molecule has 0 aromatic rings. The molecule has 1 radical (unpaired) electrons. The molecule has 0 bridgehead atoms. The first-order valence-corrected chi connectivity index (χ1v) is 5.95. The minimum Gasteiger partial charge on any atom is -0.203 e. The number of hydrogen-bond acceptors (Lipinski definition) is 4. The van der Waals surface area contributed by atoms with Crippen LogP contribution < -0.4 is 0 Å². The van der Waals surface area contributed by atoms with E-state index in [1.54, 1.807) is 0 Å². The first kappa shape index (κ1) is 25.9. The first-order chi connectivity index (χ1) is 9.82. The van der Waals surface area contributed by atoms with Gasteiger partial charge >= 0.3 is 46.2 Å². The topological polar surface area (TPSA) is 52.6 Å². The Morgan fingerprint density at radius 3 is 1.46 bits per heavy atom. The molecule has 0 aliphatic rings. The third-order valence-electron chi connectivity index (χ3n) is 1.84. The predicted octanol–water partition coefficient (Wildman–Crippen LogP) is 2.87. The molecule has 141 valence electrons.